The normalized spacial score (nSPS) is 12.0. The lowest BCUT2D eigenvalue weighted by Crippen LogP contribution is -2.14. The highest BCUT2D eigenvalue weighted by atomic mass is 35.5. The van der Waals surface area contributed by atoms with E-state index in [4.69, 9.17) is 28.9 Å². The summed E-state index contributed by atoms with van der Waals surface area (Å²) in [4.78, 5) is 8.41. The maximum atomic E-state index is 10.3. The van der Waals surface area contributed by atoms with Crippen molar-refractivity contribution in [1.82, 2.24) is 9.97 Å². The Balaban J connectivity index is 1.73. The molecule has 0 fully saturated rings. The van der Waals surface area contributed by atoms with Crippen molar-refractivity contribution in [2.24, 2.45) is 0 Å². The summed E-state index contributed by atoms with van der Waals surface area (Å²) in [6.45, 7) is 0.298. The maximum Gasteiger partial charge on any atom is 0.222 e. The number of hydrogen-bond donors (Lipinski definition) is 3. The molecular formula is C19H18Cl2N4O. The van der Waals surface area contributed by atoms with Crippen LogP contribution in [0.15, 0.2) is 54.6 Å². The van der Waals surface area contributed by atoms with Crippen molar-refractivity contribution in [3.63, 3.8) is 0 Å². The van der Waals surface area contributed by atoms with Crippen molar-refractivity contribution in [1.29, 1.82) is 0 Å². The van der Waals surface area contributed by atoms with Crippen LogP contribution in [0.2, 0.25) is 10.0 Å². The van der Waals surface area contributed by atoms with Crippen LogP contribution < -0.4 is 11.1 Å². The Hall–Kier alpha value is -2.34. The number of nitrogen functional groups attached to an aromatic ring is 1. The first-order valence-electron chi connectivity index (χ1n) is 8.06. The third-order valence-corrected chi connectivity index (χ3v) is 4.59. The summed E-state index contributed by atoms with van der Waals surface area (Å²) in [5.74, 6) is 0.674. The molecule has 0 bridgehead atoms. The molecule has 0 amide bonds. The van der Waals surface area contributed by atoms with Crippen molar-refractivity contribution in [2.75, 3.05) is 17.6 Å². The second kappa shape index (κ2) is 8.36. The minimum atomic E-state index is -0.658. The monoisotopic (exact) mass is 388 g/mol. The Kier molecular flexibility index (Phi) is 5.93. The van der Waals surface area contributed by atoms with Gasteiger partial charge in [0.05, 0.1) is 11.8 Å². The number of halogens is 2. The molecular weight excluding hydrogens is 371 g/mol. The zero-order chi connectivity index (χ0) is 18.5. The number of nitrogens with zero attached hydrogens (tertiary/aromatic N) is 2. The van der Waals surface area contributed by atoms with Crippen molar-refractivity contribution in [2.45, 2.75) is 12.5 Å². The lowest BCUT2D eigenvalue weighted by Gasteiger charge is -2.14. The molecule has 134 valence electrons. The molecule has 1 unspecified atom stereocenters. The third kappa shape index (κ3) is 4.64. The first-order valence-corrected chi connectivity index (χ1v) is 8.81. The molecule has 5 nitrogen and oxygen atoms in total. The summed E-state index contributed by atoms with van der Waals surface area (Å²) in [5, 5.41) is 14.5. The quantitative estimate of drug-likeness (QED) is 0.591. The fourth-order valence-electron chi connectivity index (χ4n) is 2.58. The predicted molar refractivity (Wildman–Crippen MR) is 106 cm³/mol. The summed E-state index contributed by atoms with van der Waals surface area (Å²) in [6.07, 6.45) is -0.227. The number of nitrogens with two attached hydrogens (primary N) is 1. The average Bonchev–Trinajstić information content (AvgIpc) is 2.63. The van der Waals surface area contributed by atoms with E-state index in [9.17, 15) is 5.11 Å². The minimum Gasteiger partial charge on any atom is -0.387 e. The molecule has 2 aromatic carbocycles. The van der Waals surface area contributed by atoms with Crippen LogP contribution in [0, 0.1) is 0 Å². The van der Waals surface area contributed by atoms with Gasteiger partial charge in [-0.15, -0.1) is 0 Å². The number of rotatable bonds is 6. The van der Waals surface area contributed by atoms with Gasteiger partial charge in [-0.2, -0.15) is 4.98 Å². The van der Waals surface area contributed by atoms with E-state index in [1.54, 1.807) is 24.3 Å². The third-order valence-electron chi connectivity index (χ3n) is 3.88. The van der Waals surface area contributed by atoms with Gasteiger partial charge in [0.25, 0.3) is 0 Å². The molecule has 1 heterocycles. The van der Waals surface area contributed by atoms with Gasteiger partial charge in [0.1, 0.15) is 5.82 Å². The molecule has 0 aliphatic rings. The molecule has 0 spiro atoms. The first-order chi connectivity index (χ1) is 12.5. The molecule has 4 N–H and O–H groups in total. The Morgan fingerprint density at radius 3 is 2.38 bits per heavy atom. The fourth-order valence-corrected chi connectivity index (χ4v) is 3.11. The van der Waals surface area contributed by atoms with Crippen LogP contribution in [0.1, 0.15) is 22.9 Å². The molecule has 1 atom stereocenters. The lowest BCUT2D eigenvalue weighted by molar-refractivity contribution is 0.191. The van der Waals surface area contributed by atoms with Crippen LogP contribution in [0.4, 0.5) is 11.8 Å². The van der Waals surface area contributed by atoms with E-state index in [0.29, 0.717) is 34.5 Å². The Bertz CT molecular complexity index is 870. The van der Waals surface area contributed by atoms with E-state index in [0.717, 1.165) is 11.1 Å². The van der Waals surface area contributed by atoms with E-state index < -0.39 is 6.10 Å². The zero-order valence-corrected chi connectivity index (χ0v) is 15.4. The molecule has 7 heteroatoms. The number of benzene rings is 2. The summed E-state index contributed by atoms with van der Waals surface area (Å²) in [7, 11) is 0. The predicted octanol–water partition coefficient (Wildman–Crippen LogP) is 4.10. The number of aliphatic hydroxyl groups is 1. The summed E-state index contributed by atoms with van der Waals surface area (Å²) >= 11 is 12.4. The van der Waals surface area contributed by atoms with E-state index >= 15 is 0 Å². The van der Waals surface area contributed by atoms with Gasteiger partial charge in [0.2, 0.25) is 5.95 Å². The molecule has 0 aliphatic heterocycles. The molecule has 26 heavy (non-hydrogen) atoms. The van der Waals surface area contributed by atoms with Crippen LogP contribution in [0.25, 0.3) is 0 Å². The molecule has 0 aliphatic carbocycles. The van der Waals surface area contributed by atoms with E-state index in [1.165, 1.54) is 0 Å². The van der Waals surface area contributed by atoms with Gasteiger partial charge in [0.15, 0.2) is 0 Å². The highest BCUT2D eigenvalue weighted by Crippen LogP contribution is 2.27. The van der Waals surface area contributed by atoms with Crippen LogP contribution in [-0.4, -0.2) is 21.6 Å². The average molecular weight is 389 g/mol. The van der Waals surface area contributed by atoms with Gasteiger partial charge in [0, 0.05) is 29.1 Å². The van der Waals surface area contributed by atoms with Crippen molar-refractivity contribution < 1.29 is 5.11 Å². The Labute approximate surface area is 161 Å². The van der Waals surface area contributed by atoms with Crippen LogP contribution in [0.3, 0.4) is 0 Å². The van der Waals surface area contributed by atoms with Crippen molar-refractivity contribution in [3.8, 4) is 0 Å². The second-order valence-electron chi connectivity index (χ2n) is 5.79. The van der Waals surface area contributed by atoms with Gasteiger partial charge < -0.3 is 16.2 Å². The highest BCUT2D eigenvalue weighted by molar-refractivity contribution is 6.36. The van der Waals surface area contributed by atoms with Gasteiger partial charge in [-0.05, 0) is 23.3 Å². The summed E-state index contributed by atoms with van der Waals surface area (Å²) in [5.41, 5.74) is 8.11. The van der Waals surface area contributed by atoms with Crippen molar-refractivity contribution >= 4 is 35.0 Å². The standard InChI is InChI=1S/C19H18Cl2N4O/c20-15-7-4-8-16(21)14(15)9-13-10-18(25-19(22)24-13)23-11-17(26)12-5-2-1-3-6-12/h1-8,10,17,26H,9,11H2,(H3,22,23,24,25). The van der Waals surface area contributed by atoms with Gasteiger partial charge in [-0.3, -0.25) is 0 Å². The molecule has 3 rings (SSSR count). The molecule has 0 radical (unpaired) electrons. The zero-order valence-electron chi connectivity index (χ0n) is 13.9. The summed E-state index contributed by atoms with van der Waals surface area (Å²) < 4.78 is 0. The lowest BCUT2D eigenvalue weighted by atomic mass is 10.1. The number of anilines is 2. The Morgan fingerprint density at radius 1 is 1.00 bits per heavy atom. The van der Waals surface area contributed by atoms with E-state index in [2.05, 4.69) is 15.3 Å². The molecule has 3 aromatic rings. The molecule has 0 saturated heterocycles. The topological polar surface area (TPSA) is 84.1 Å². The fraction of sp³-hybridized carbons (Fsp3) is 0.158. The van der Waals surface area contributed by atoms with Gasteiger partial charge >= 0.3 is 0 Å². The second-order valence-corrected chi connectivity index (χ2v) is 6.60. The SMILES string of the molecule is Nc1nc(Cc2c(Cl)cccc2Cl)cc(NCC(O)c2ccccc2)n1. The number of aliphatic hydroxyl groups excluding tert-OH is 1. The Morgan fingerprint density at radius 2 is 1.69 bits per heavy atom. The van der Waals surface area contributed by atoms with Crippen LogP contribution >= 0.6 is 23.2 Å². The smallest absolute Gasteiger partial charge is 0.222 e. The number of nitrogens with one attached hydrogen (secondary N) is 1. The maximum absolute atomic E-state index is 10.3. The largest absolute Gasteiger partial charge is 0.387 e. The van der Waals surface area contributed by atoms with Crippen molar-refractivity contribution in [3.05, 3.63) is 81.5 Å². The van der Waals surface area contributed by atoms with Crippen LogP contribution in [-0.2, 0) is 6.42 Å². The minimum absolute atomic E-state index is 0.141. The van der Waals surface area contributed by atoms with Gasteiger partial charge in [-0.25, -0.2) is 4.98 Å². The van der Waals surface area contributed by atoms with Crippen LogP contribution in [0.5, 0.6) is 0 Å². The summed E-state index contributed by atoms with van der Waals surface area (Å²) in [6, 6.07) is 16.5. The highest BCUT2D eigenvalue weighted by Gasteiger charge is 2.11. The van der Waals surface area contributed by atoms with Gasteiger partial charge in [-0.1, -0.05) is 59.6 Å². The first kappa shape index (κ1) is 18.5. The van der Waals surface area contributed by atoms with E-state index in [-0.39, 0.29) is 5.95 Å². The number of hydrogen-bond acceptors (Lipinski definition) is 5. The van der Waals surface area contributed by atoms with E-state index in [1.807, 2.05) is 30.3 Å². The molecule has 0 saturated carbocycles. The molecule has 1 aromatic heterocycles. The number of aromatic nitrogens is 2.